The first kappa shape index (κ1) is 14.3. The number of pyridine rings is 1. The molecule has 118 valence electrons. The zero-order chi connectivity index (χ0) is 16.5. The summed E-state index contributed by atoms with van der Waals surface area (Å²) in [5.41, 5.74) is 3.01. The Labute approximate surface area is 137 Å². The van der Waals surface area contributed by atoms with Crippen molar-refractivity contribution in [3.63, 3.8) is 0 Å². The maximum Gasteiger partial charge on any atom is 0.262 e. The Hall–Kier alpha value is -3.28. The molecule has 4 rings (SSSR count). The second-order valence-electron chi connectivity index (χ2n) is 5.58. The van der Waals surface area contributed by atoms with Crippen LogP contribution in [0.3, 0.4) is 0 Å². The van der Waals surface area contributed by atoms with E-state index < -0.39 is 0 Å². The molecule has 6 heteroatoms. The molecule has 1 aromatic carbocycles. The van der Waals surface area contributed by atoms with E-state index in [0.29, 0.717) is 29.1 Å². The van der Waals surface area contributed by atoms with Gasteiger partial charge in [0.15, 0.2) is 5.65 Å². The van der Waals surface area contributed by atoms with Gasteiger partial charge in [0.2, 0.25) is 0 Å². The molecule has 0 radical (unpaired) electrons. The summed E-state index contributed by atoms with van der Waals surface area (Å²) in [4.78, 5) is 24.0. The smallest absolute Gasteiger partial charge is 0.262 e. The number of H-pyrrole nitrogens is 1. The van der Waals surface area contributed by atoms with E-state index in [0.717, 1.165) is 11.1 Å². The molecule has 3 aromatic heterocycles. The molecule has 0 spiro atoms. The molecule has 0 saturated carbocycles. The van der Waals surface area contributed by atoms with Crippen LogP contribution in [0.1, 0.15) is 11.3 Å². The highest BCUT2D eigenvalue weighted by Gasteiger charge is 2.15. The van der Waals surface area contributed by atoms with Gasteiger partial charge in [-0.15, -0.1) is 0 Å². The minimum absolute atomic E-state index is 0.177. The predicted octanol–water partition coefficient (Wildman–Crippen LogP) is 2.54. The van der Waals surface area contributed by atoms with E-state index in [-0.39, 0.29) is 5.56 Å². The van der Waals surface area contributed by atoms with Crippen LogP contribution in [0.25, 0.3) is 22.4 Å². The zero-order valence-electron chi connectivity index (χ0n) is 13.1. The average Bonchev–Trinajstić information content (AvgIpc) is 2.93. The lowest BCUT2D eigenvalue weighted by atomic mass is 10.2. The third-order valence-electron chi connectivity index (χ3n) is 3.91. The fourth-order valence-electron chi connectivity index (χ4n) is 2.77. The topological polar surface area (TPSA) is 76.5 Å². The quantitative estimate of drug-likeness (QED) is 0.630. The Kier molecular flexibility index (Phi) is 3.42. The van der Waals surface area contributed by atoms with Crippen LogP contribution < -0.4 is 5.56 Å². The molecule has 0 saturated heterocycles. The third-order valence-corrected chi connectivity index (χ3v) is 3.91. The van der Waals surface area contributed by atoms with Crippen molar-refractivity contribution >= 4 is 11.0 Å². The molecule has 0 aliphatic rings. The van der Waals surface area contributed by atoms with Crippen LogP contribution in [0, 0.1) is 6.92 Å². The number of nitrogens with one attached hydrogen (secondary N) is 1. The monoisotopic (exact) mass is 317 g/mol. The Bertz CT molecular complexity index is 1050. The normalized spacial score (nSPS) is 11.0. The number of aryl methyl sites for hydroxylation is 1. The van der Waals surface area contributed by atoms with Crippen molar-refractivity contribution in [3.05, 3.63) is 76.5 Å². The number of benzene rings is 1. The summed E-state index contributed by atoms with van der Waals surface area (Å²) in [6.45, 7) is 2.39. The molecule has 0 aliphatic carbocycles. The van der Waals surface area contributed by atoms with Crippen LogP contribution in [0.5, 0.6) is 0 Å². The van der Waals surface area contributed by atoms with Gasteiger partial charge in [0, 0.05) is 18.0 Å². The Morgan fingerprint density at radius 1 is 1.08 bits per heavy atom. The number of aromatic nitrogens is 5. The van der Waals surface area contributed by atoms with Gasteiger partial charge in [-0.3, -0.25) is 9.78 Å². The average molecular weight is 317 g/mol. The molecule has 0 unspecified atom stereocenters. The number of hydrogen-bond acceptors (Lipinski definition) is 4. The highest BCUT2D eigenvalue weighted by Crippen LogP contribution is 2.18. The fraction of sp³-hybridized carbons (Fsp3) is 0.111. The molecule has 0 atom stereocenters. The molecule has 0 bridgehead atoms. The SMILES string of the molecule is Cc1nn(Cc2ccccc2)c2nc(-c3ccncc3)[nH]c(=O)c12. The largest absolute Gasteiger partial charge is 0.306 e. The number of rotatable bonds is 3. The maximum atomic E-state index is 12.5. The first-order valence-corrected chi connectivity index (χ1v) is 7.64. The van der Waals surface area contributed by atoms with Crippen LogP contribution in [-0.4, -0.2) is 24.7 Å². The second-order valence-corrected chi connectivity index (χ2v) is 5.58. The summed E-state index contributed by atoms with van der Waals surface area (Å²) in [5.74, 6) is 0.518. The van der Waals surface area contributed by atoms with Crippen LogP contribution in [0.15, 0.2) is 59.7 Å². The summed E-state index contributed by atoms with van der Waals surface area (Å²) < 4.78 is 1.78. The minimum Gasteiger partial charge on any atom is -0.306 e. The van der Waals surface area contributed by atoms with E-state index in [1.165, 1.54) is 0 Å². The lowest BCUT2D eigenvalue weighted by Gasteiger charge is -2.05. The highest BCUT2D eigenvalue weighted by atomic mass is 16.1. The highest BCUT2D eigenvalue weighted by molar-refractivity contribution is 5.79. The lowest BCUT2D eigenvalue weighted by molar-refractivity contribution is 0.696. The van der Waals surface area contributed by atoms with E-state index in [4.69, 9.17) is 0 Å². The van der Waals surface area contributed by atoms with Gasteiger partial charge in [-0.05, 0) is 24.6 Å². The summed E-state index contributed by atoms with van der Waals surface area (Å²) >= 11 is 0. The van der Waals surface area contributed by atoms with Gasteiger partial charge in [0.25, 0.3) is 5.56 Å². The van der Waals surface area contributed by atoms with E-state index in [2.05, 4.69) is 20.1 Å². The van der Waals surface area contributed by atoms with Gasteiger partial charge in [0.1, 0.15) is 11.2 Å². The molecule has 4 aromatic rings. The maximum absolute atomic E-state index is 12.5. The number of nitrogens with zero attached hydrogens (tertiary/aromatic N) is 4. The molecule has 6 nitrogen and oxygen atoms in total. The molecular weight excluding hydrogens is 302 g/mol. The molecule has 3 heterocycles. The molecule has 0 fully saturated rings. The Balaban J connectivity index is 1.89. The van der Waals surface area contributed by atoms with Crippen molar-refractivity contribution in [1.82, 2.24) is 24.7 Å². The third kappa shape index (κ3) is 2.48. The van der Waals surface area contributed by atoms with Gasteiger partial charge >= 0.3 is 0 Å². The molecule has 1 N–H and O–H groups in total. The van der Waals surface area contributed by atoms with Crippen molar-refractivity contribution in [2.24, 2.45) is 0 Å². The van der Waals surface area contributed by atoms with E-state index in [1.807, 2.05) is 49.4 Å². The van der Waals surface area contributed by atoms with Crippen LogP contribution >= 0.6 is 0 Å². The molecule has 0 amide bonds. The molecule has 0 aliphatic heterocycles. The van der Waals surface area contributed by atoms with Crippen LogP contribution in [0.2, 0.25) is 0 Å². The van der Waals surface area contributed by atoms with Crippen molar-refractivity contribution in [3.8, 4) is 11.4 Å². The summed E-state index contributed by atoms with van der Waals surface area (Å²) in [6, 6.07) is 13.6. The number of hydrogen-bond donors (Lipinski definition) is 1. The molecule has 24 heavy (non-hydrogen) atoms. The summed E-state index contributed by atoms with van der Waals surface area (Å²) in [7, 11) is 0. The van der Waals surface area contributed by atoms with Gasteiger partial charge in [-0.1, -0.05) is 30.3 Å². The van der Waals surface area contributed by atoms with Gasteiger partial charge in [-0.25, -0.2) is 9.67 Å². The summed E-state index contributed by atoms with van der Waals surface area (Å²) in [5, 5.41) is 5.03. The van der Waals surface area contributed by atoms with Crippen molar-refractivity contribution in [1.29, 1.82) is 0 Å². The zero-order valence-corrected chi connectivity index (χ0v) is 13.1. The van der Waals surface area contributed by atoms with Crippen LogP contribution in [-0.2, 0) is 6.54 Å². The van der Waals surface area contributed by atoms with Gasteiger partial charge < -0.3 is 4.98 Å². The van der Waals surface area contributed by atoms with E-state index >= 15 is 0 Å². The predicted molar refractivity (Wildman–Crippen MR) is 91.7 cm³/mol. The number of aromatic amines is 1. The standard InChI is InChI=1S/C18H15N5O/c1-12-15-17(23(22-12)11-13-5-3-2-4-6-13)20-16(21-18(15)24)14-7-9-19-10-8-14/h2-10H,11H2,1H3,(H,20,21,24). The minimum atomic E-state index is -0.177. The van der Waals surface area contributed by atoms with Crippen molar-refractivity contribution in [2.75, 3.05) is 0 Å². The lowest BCUT2D eigenvalue weighted by Crippen LogP contribution is -2.11. The van der Waals surface area contributed by atoms with Gasteiger partial charge in [-0.2, -0.15) is 5.10 Å². The fourth-order valence-corrected chi connectivity index (χ4v) is 2.77. The Morgan fingerprint density at radius 2 is 1.83 bits per heavy atom. The van der Waals surface area contributed by atoms with E-state index in [9.17, 15) is 4.79 Å². The van der Waals surface area contributed by atoms with Crippen LogP contribution in [0.4, 0.5) is 0 Å². The van der Waals surface area contributed by atoms with E-state index in [1.54, 1.807) is 17.1 Å². The van der Waals surface area contributed by atoms with Gasteiger partial charge in [0.05, 0.1) is 12.2 Å². The first-order chi connectivity index (χ1) is 11.7. The number of fused-ring (bicyclic) bond motifs is 1. The molecular formula is C18H15N5O. The van der Waals surface area contributed by atoms with Crippen molar-refractivity contribution < 1.29 is 0 Å². The van der Waals surface area contributed by atoms with Crippen molar-refractivity contribution in [2.45, 2.75) is 13.5 Å². The first-order valence-electron chi connectivity index (χ1n) is 7.64. The summed E-state index contributed by atoms with van der Waals surface area (Å²) in [6.07, 6.45) is 3.35. The second kappa shape index (κ2) is 5.73. The Morgan fingerprint density at radius 3 is 2.58 bits per heavy atom.